The number of aryl methyl sites for hydroxylation is 2. The molecule has 0 atom stereocenters. The Morgan fingerprint density at radius 2 is 2.12 bits per heavy atom. The summed E-state index contributed by atoms with van der Waals surface area (Å²) in [5, 5.41) is 10.4. The minimum absolute atomic E-state index is 0.150. The van der Waals surface area contributed by atoms with Crippen molar-refractivity contribution in [2.75, 3.05) is 7.11 Å². The van der Waals surface area contributed by atoms with E-state index in [1.807, 2.05) is 23.7 Å². The van der Waals surface area contributed by atoms with Crippen LogP contribution in [-0.2, 0) is 13.6 Å². The zero-order chi connectivity index (χ0) is 18.4. The number of imidazole rings is 1. The van der Waals surface area contributed by atoms with E-state index in [0.29, 0.717) is 11.3 Å². The van der Waals surface area contributed by atoms with Crippen LogP contribution in [0, 0.1) is 0 Å². The van der Waals surface area contributed by atoms with Crippen LogP contribution < -0.4 is 4.74 Å². The van der Waals surface area contributed by atoms with E-state index in [1.165, 1.54) is 13.2 Å². The summed E-state index contributed by atoms with van der Waals surface area (Å²) in [6, 6.07) is 9.07. The van der Waals surface area contributed by atoms with Crippen molar-refractivity contribution in [1.82, 2.24) is 19.1 Å². The number of methoxy groups -OCH3 is 1. The summed E-state index contributed by atoms with van der Waals surface area (Å²) in [6.45, 7) is 2.81. The molecule has 7 heteroatoms. The third-order valence-corrected chi connectivity index (χ3v) is 4.60. The van der Waals surface area contributed by atoms with E-state index in [-0.39, 0.29) is 5.56 Å². The molecule has 3 heterocycles. The first-order valence-corrected chi connectivity index (χ1v) is 8.27. The second-order valence-corrected chi connectivity index (χ2v) is 6.04. The molecule has 0 aliphatic heterocycles. The van der Waals surface area contributed by atoms with Gasteiger partial charge in [-0.1, -0.05) is 0 Å². The average Bonchev–Trinajstić information content (AvgIpc) is 3.18. The minimum Gasteiger partial charge on any atom is -0.494 e. The number of rotatable bonds is 4. The van der Waals surface area contributed by atoms with Gasteiger partial charge in [-0.25, -0.2) is 14.8 Å². The molecule has 4 aromatic rings. The third-order valence-electron chi connectivity index (χ3n) is 4.60. The molecule has 1 N–H and O–H groups in total. The van der Waals surface area contributed by atoms with Gasteiger partial charge in [0, 0.05) is 25.2 Å². The van der Waals surface area contributed by atoms with Crippen LogP contribution in [0.2, 0.25) is 0 Å². The second kappa shape index (κ2) is 5.87. The molecule has 0 bridgehead atoms. The number of benzene rings is 1. The number of pyridine rings is 1. The van der Waals surface area contributed by atoms with E-state index in [9.17, 15) is 9.90 Å². The molecule has 0 aliphatic rings. The lowest BCUT2D eigenvalue weighted by molar-refractivity contribution is 0.0696. The highest BCUT2D eigenvalue weighted by atomic mass is 16.5. The van der Waals surface area contributed by atoms with Gasteiger partial charge in [-0.2, -0.15) is 0 Å². The van der Waals surface area contributed by atoms with E-state index in [1.54, 1.807) is 12.3 Å². The fourth-order valence-electron chi connectivity index (χ4n) is 3.41. The van der Waals surface area contributed by atoms with Gasteiger partial charge in [0.25, 0.3) is 0 Å². The van der Waals surface area contributed by atoms with Crippen LogP contribution in [0.3, 0.4) is 0 Å². The van der Waals surface area contributed by atoms with E-state index < -0.39 is 5.97 Å². The van der Waals surface area contributed by atoms with Gasteiger partial charge in [0.15, 0.2) is 5.82 Å². The highest BCUT2D eigenvalue weighted by Crippen LogP contribution is 2.33. The number of nitrogens with zero attached hydrogens (tertiary/aromatic N) is 4. The van der Waals surface area contributed by atoms with E-state index in [2.05, 4.69) is 22.5 Å². The summed E-state index contributed by atoms with van der Waals surface area (Å²) >= 11 is 0. The predicted octanol–water partition coefficient (Wildman–Crippen LogP) is 3.32. The van der Waals surface area contributed by atoms with Crippen molar-refractivity contribution in [2.45, 2.75) is 13.5 Å². The maximum atomic E-state index is 11.4. The predicted molar refractivity (Wildman–Crippen MR) is 98.6 cm³/mol. The average molecular weight is 350 g/mol. The van der Waals surface area contributed by atoms with Crippen LogP contribution in [0.5, 0.6) is 5.75 Å². The van der Waals surface area contributed by atoms with E-state index in [4.69, 9.17) is 9.72 Å². The van der Waals surface area contributed by atoms with Gasteiger partial charge >= 0.3 is 5.97 Å². The summed E-state index contributed by atoms with van der Waals surface area (Å²) in [5.74, 6) is 0.211. The van der Waals surface area contributed by atoms with Gasteiger partial charge < -0.3 is 19.0 Å². The van der Waals surface area contributed by atoms with Crippen molar-refractivity contribution in [1.29, 1.82) is 0 Å². The lowest BCUT2D eigenvalue weighted by Gasteiger charge is -2.08. The van der Waals surface area contributed by atoms with Crippen molar-refractivity contribution < 1.29 is 14.6 Å². The molecule has 0 saturated carbocycles. The molecule has 3 aromatic heterocycles. The van der Waals surface area contributed by atoms with Crippen molar-refractivity contribution in [3.63, 3.8) is 0 Å². The summed E-state index contributed by atoms with van der Waals surface area (Å²) in [5.41, 5.74) is 3.32. The largest absolute Gasteiger partial charge is 0.494 e. The molecule has 0 fully saturated rings. The topological polar surface area (TPSA) is 82.2 Å². The molecular weight excluding hydrogens is 332 g/mol. The third kappa shape index (κ3) is 2.24. The summed E-state index contributed by atoms with van der Waals surface area (Å²) in [7, 11) is 3.43. The minimum atomic E-state index is -1.01. The first kappa shape index (κ1) is 16.1. The molecule has 4 rings (SSSR count). The Kier molecular flexibility index (Phi) is 3.64. The maximum Gasteiger partial charge on any atom is 0.335 e. The standard InChI is InChI=1S/C19H18N4O3/c1-4-23-14(9-11-6-5-7-20-17(11)23)18-21-13-8-12(19(24)25)10-15(26-3)16(13)22(18)2/h5-10H,4H2,1-3H3,(H,24,25). The number of aromatic nitrogens is 4. The van der Waals surface area contributed by atoms with Crippen molar-refractivity contribution in [3.8, 4) is 17.3 Å². The number of carboxylic acid groups (broad SMARTS) is 1. The number of aromatic carboxylic acids is 1. The van der Waals surface area contributed by atoms with Crippen molar-refractivity contribution >= 4 is 28.0 Å². The van der Waals surface area contributed by atoms with Gasteiger partial charge in [-0.3, -0.25) is 0 Å². The Hall–Kier alpha value is -3.35. The fourth-order valence-corrected chi connectivity index (χ4v) is 3.41. The molecule has 0 aliphatic carbocycles. The lowest BCUT2D eigenvalue weighted by atomic mass is 10.2. The first-order valence-electron chi connectivity index (χ1n) is 8.27. The van der Waals surface area contributed by atoms with Crippen LogP contribution >= 0.6 is 0 Å². The Bertz CT molecular complexity index is 1160. The number of carbonyl (C=O) groups is 1. The number of fused-ring (bicyclic) bond motifs is 2. The molecule has 0 unspecified atom stereocenters. The Labute approximate surface area is 149 Å². The van der Waals surface area contributed by atoms with Gasteiger partial charge in [0.05, 0.1) is 23.9 Å². The number of ether oxygens (including phenoxy) is 1. The lowest BCUT2D eigenvalue weighted by Crippen LogP contribution is -2.02. The maximum absolute atomic E-state index is 11.4. The molecule has 7 nitrogen and oxygen atoms in total. The Morgan fingerprint density at radius 1 is 1.31 bits per heavy atom. The van der Waals surface area contributed by atoms with E-state index >= 15 is 0 Å². The summed E-state index contributed by atoms with van der Waals surface area (Å²) in [4.78, 5) is 20.6. The SMILES string of the molecule is CCn1c(-c2nc3cc(C(=O)O)cc(OC)c3n2C)cc2cccnc21. The van der Waals surface area contributed by atoms with Gasteiger partial charge in [-0.15, -0.1) is 0 Å². The molecule has 132 valence electrons. The molecule has 1 aromatic carbocycles. The van der Waals surface area contributed by atoms with Crippen molar-refractivity contribution in [2.24, 2.45) is 7.05 Å². The molecular formula is C19H18N4O3. The smallest absolute Gasteiger partial charge is 0.335 e. The molecule has 0 spiro atoms. The van der Waals surface area contributed by atoms with E-state index in [0.717, 1.165) is 34.6 Å². The monoisotopic (exact) mass is 350 g/mol. The number of hydrogen-bond donors (Lipinski definition) is 1. The molecule has 0 radical (unpaired) electrons. The van der Waals surface area contributed by atoms with Crippen LogP contribution in [0.15, 0.2) is 36.5 Å². The van der Waals surface area contributed by atoms with Gasteiger partial charge in [-0.05, 0) is 37.3 Å². The van der Waals surface area contributed by atoms with Crippen LogP contribution in [-0.4, -0.2) is 37.3 Å². The second-order valence-electron chi connectivity index (χ2n) is 6.04. The summed E-state index contributed by atoms with van der Waals surface area (Å²) in [6.07, 6.45) is 1.77. The zero-order valence-corrected chi connectivity index (χ0v) is 14.7. The van der Waals surface area contributed by atoms with Gasteiger partial charge in [0.1, 0.15) is 16.9 Å². The normalized spacial score (nSPS) is 11.3. The number of carboxylic acids is 1. The van der Waals surface area contributed by atoms with Crippen LogP contribution in [0.25, 0.3) is 33.6 Å². The zero-order valence-electron chi connectivity index (χ0n) is 14.7. The molecule has 26 heavy (non-hydrogen) atoms. The number of hydrogen-bond acceptors (Lipinski definition) is 4. The van der Waals surface area contributed by atoms with Crippen LogP contribution in [0.4, 0.5) is 0 Å². The van der Waals surface area contributed by atoms with Crippen molar-refractivity contribution in [3.05, 3.63) is 42.1 Å². The Morgan fingerprint density at radius 3 is 2.81 bits per heavy atom. The Balaban J connectivity index is 2.04. The highest BCUT2D eigenvalue weighted by Gasteiger charge is 2.20. The molecule has 0 saturated heterocycles. The fraction of sp³-hybridized carbons (Fsp3) is 0.211. The molecule has 0 amide bonds. The quantitative estimate of drug-likeness (QED) is 0.610. The first-order chi connectivity index (χ1) is 12.5. The highest BCUT2D eigenvalue weighted by molar-refractivity contribution is 5.96. The van der Waals surface area contributed by atoms with Gasteiger partial charge in [0.2, 0.25) is 0 Å². The summed E-state index contributed by atoms with van der Waals surface area (Å²) < 4.78 is 9.45. The van der Waals surface area contributed by atoms with Crippen LogP contribution in [0.1, 0.15) is 17.3 Å².